The lowest BCUT2D eigenvalue weighted by Crippen LogP contribution is -2.39. The molecule has 1 fully saturated rings. The van der Waals surface area contributed by atoms with E-state index in [0.717, 1.165) is 5.69 Å². The van der Waals surface area contributed by atoms with E-state index in [1.165, 1.54) is 0 Å². The van der Waals surface area contributed by atoms with Crippen LogP contribution in [0.1, 0.15) is 12.8 Å². The van der Waals surface area contributed by atoms with Gasteiger partial charge < -0.3 is 20.1 Å². The summed E-state index contributed by atoms with van der Waals surface area (Å²) in [5, 5.41) is 11.6. The van der Waals surface area contributed by atoms with Crippen molar-refractivity contribution < 1.29 is 19.4 Å². The van der Waals surface area contributed by atoms with Gasteiger partial charge in [0.2, 0.25) is 5.91 Å². The first kappa shape index (κ1) is 15.3. The minimum Gasteiger partial charge on any atom is -0.479 e. The molecule has 6 heteroatoms. The second-order valence-electron chi connectivity index (χ2n) is 5.08. The highest BCUT2D eigenvalue weighted by atomic mass is 16.5. The number of carbonyl (C=O) groups excluding carboxylic acids is 1. The van der Waals surface area contributed by atoms with E-state index in [0.29, 0.717) is 25.9 Å². The van der Waals surface area contributed by atoms with E-state index in [-0.39, 0.29) is 5.91 Å². The number of nitrogens with one attached hydrogen (secondary N) is 1. The van der Waals surface area contributed by atoms with Crippen LogP contribution in [0.5, 0.6) is 0 Å². The summed E-state index contributed by atoms with van der Waals surface area (Å²) in [4.78, 5) is 24.7. The zero-order valence-corrected chi connectivity index (χ0v) is 12.0. The van der Waals surface area contributed by atoms with Crippen molar-refractivity contribution in [3.63, 3.8) is 0 Å². The van der Waals surface area contributed by atoms with Crippen LogP contribution in [0.4, 0.5) is 5.69 Å². The van der Waals surface area contributed by atoms with Crippen molar-refractivity contribution in [2.75, 3.05) is 25.0 Å². The molecule has 0 unspecified atom stereocenters. The lowest BCUT2D eigenvalue weighted by atomic mass is 10.2. The number of carboxylic acids is 1. The highest BCUT2D eigenvalue weighted by Gasteiger charge is 2.34. The third-order valence-electron chi connectivity index (χ3n) is 3.53. The molecular weight excluding hydrogens is 272 g/mol. The lowest BCUT2D eigenvalue weighted by molar-refractivity contribution is -0.151. The lowest BCUT2D eigenvalue weighted by Gasteiger charge is -2.20. The topological polar surface area (TPSA) is 78.9 Å². The van der Waals surface area contributed by atoms with Crippen LogP contribution in [0.2, 0.25) is 0 Å². The van der Waals surface area contributed by atoms with Gasteiger partial charge >= 0.3 is 5.97 Å². The number of amides is 1. The first-order chi connectivity index (χ1) is 10.1. The molecule has 1 saturated heterocycles. The summed E-state index contributed by atoms with van der Waals surface area (Å²) in [5.41, 5.74) is 1.08. The van der Waals surface area contributed by atoms with Crippen LogP contribution in [0, 0.1) is 0 Å². The summed E-state index contributed by atoms with van der Waals surface area (Å²) in [5.74, 6) is -1.24. The molecule has 0 spiro atoms. The largest absolute Gasteiger partial charge is 0.479 e. The molecule has 2 N–H and O–H groups in total. The first-order valence-electron chi connectivity index (χ1n) is 7.00. The van der Waals surface area contributed by atoms with Gasteiger partial charge in [-0.05, 0) is 25.0 Å². The molecule has 21 heavy (non-hydrogen) atoms. The van der Waals surface area contributed by atoms with Crippen molar-refractivity contribution in [1.82, 2.24) is 5.32 Å². The zero-order valence-electron chi connectivity index (χ0n) is 12.0. The van der Waals surface area contributed by atoms with Crippen LogP contribution in [-0.4, -0.2) is 49.3 Å². The summed E-state index contributed by atoms with van der Waals surface area (Å²) >= 11 is 0. The van der Waals surface area contributed by atoms with Crippen molar-refractivity contribution in [3.05, 3.63) is 30.3 Å². The van der Waals surface area contributed by atoms with Crippen molar-refractivity contribution in [2.45, 2.75) is 25.0 Å². The van der Waals surface area contributed by atoms with Crippen LogP contribution >= 0.6 is 0 Å². The third kappa shape index (κ3) is 4.19. The average molecular weight is 292 g/mol. The highest BCUT2D eigenvalue weighted by molar-refractivity contribution is 5.82. The van der Waals surface area contributed by atoms with E-state index >= 15 is 0 Å². The average Bonchev–Trinajstić information content (AvgIpc) is 2.98. The van der Waals surface area contributed by atoms with Crippen LogP contribution in [0.15, 0.2) is 30.3 Å². The molecule has 0 saturated carbocycles. The molecule has 1 aromatic rings. The van der Waals surface area contributed by atoms with Gasteiger partial charge in [0.1, 0.15) is 6.10 Å². The summed E-state index contributed by atoms with van der Waals surface area (Å²) in [6, 6.07) is 9.87. The maximum Gasteiger partial charge on any atom is 0.332 e. The normalized spacial score (nSPS) is 21.0. The third-order valence-corrected chi connectivity index (χ3v) is 3.53. The molecule has 1 heterocycles. The second-order valence-corrected chi connectivity index (χ2v) is 5.08. The number of likely N-dealkylation sites (N-methyl/N-ethyl adjacent to an activating group) is 1. The molecule has 1 aliphatic rings. The Bertz CT molecular complexity index is 492. The number of carboxylic acid groups (broad SMARTS) is 1. The minimum absolute atomic E-state index is 0.236. The highest BCUT2D eigenvalue weighted by Crippen LogP contribution is 2.19. The van der Waals surface area contributed by atoms with E-state index in [1.54, 1.807) is 0 Å². The van der Waals surface area contributed by atoms with E-state index in [1.807, 2.05) is 42.3 Å². The van der Waals surface area contributed by atoms with Gasteiger partial charge in [0.05, 0.1) is 0 Å². The summed E-state index contributed by atoms with van der Waals surface area (Å²) < 4.78 is 5.20. The van der Waals surface area contributed by atoms with Crippen LogP contribution in [0.3, 0.4) is 0 Å². The molecule has 2 atom stereocenters. The molecular formula is C15H20N2O4. The SMILES string of the molecule is CN(CCNC(=O)[C@@H]1CC[C@H](C(=O)O)O1)c1ccccc1. The van der Waals surface area contributed by atoms with E-state index < -0.39 is 18.2 Å². The summed E-state index contributed by atoms with van der Waals surface area (Å²) in [6.45, 7) is 1.16. The summed E-state index contributed by atoms with van der Waals surface area (Å²) in [6.07, 6.45) is -0.657. The van der Waals surface area contributed by atoms with Gasteiger partial charge in [0.15, 0.2) is 6.10 Å². The predicted molar refractivity (Wildman–Crippen MR) is 78.3 cm³/mol. The van der Waals surface area contributed by atoms with E-state index in [4.69, 9.17) is 9.84 Å². The number of ether oxygens (including phenoxy) is 1. The maximum atomic E-state index is 11.9. The minimum atomic E-state index is -1.01. The fourth-order valence-electron chi connectivity index (χ4n) is 2.28. The molecule has 1 aromatic carbocycles. The van der Waals surface area contributed by atoms with Gasteiger partial charge in [-0.1, -0.05) is 18.2 Å². The fourth-order valence-corrected chi connectivity index (χ4v) is 2.28. The number of hydrogen-bond donors (Lipinski definition) is 2. The Hall–Kier alpha value is -2.08. The van der Waals surface area contributed by atoms with Crippen molar-refractivity contribution in [3.8, 4) is 0 Å². The van der Waals surface area contributed by atoms with Crippen molar-refractivity contribution >= 4 is 17.6 Å². The monoisotopic (exact) mass is 292 g/mol. The number of rotatable bonds is 6. The van der Waals surface area contributed by atoms with Gasteiger partial charge in [-0.15, -0.1) is 0 Å². The molecule has 1 aliphatic heterocycles. The quantitative estimate of drug-likeness (QED) is 0.813. The number of para-hydroxylation sites is 1. The van der Waals surface area contributed by atoms with E-state index in [9.17, 15) is 9.59 Å². The molecule has 0 radical (unpaired) electrons. The fraction of sp³-hybridized carbons (Fsp3) is 0.467. The second kappa shape index (κ2) is 7.08. The van der Waals surface area contributed by atoms with Crippen molar-refractivity contribution in [2.24, 2.45) is 0 Å². The van der Waals surface area contributed by atoms with E-state index in [2.05, 4.69) is 5.32 Å². The van der Waals surface area contributed by atoms with Crippen LogP contribution in [0.25, 0.3) is 0 Å². The maximum absolute atomic E-state index is 11.9. The molecule has 1 amide bonds. The number of carbonyl (C=O) groups is 2. The zero-order chi connectivity index (χ0) is 15.2. The number of nitrogens with zero attached hydrogens (tertiary/aromatic N) is 1. The molecule has 6 nitrogen and oxygen atoms in total. The molecule has 2 rings (SSSR count). The molecule has 114 valence electrons. The smallest absolute Gasteiger partial charge is 0.332 e. The van der Waals surface area contributed by atoms with Gasteiger partial charge in [0.25, 0.3) is 0 Å². The van der Waals surface area contributed by atoms with Gasteiger partial charge in [0, 0.05) is 25.8 Å². The Morgan fingerprint density at radius 2 is 1.95 bits per heavy atom. The van der Waals surface area contributed by atoms with Gasteiger partial charge in [-0.25, -0.2) is 4.79 Å². The molecule has 0 aromatic heterocycles. The number of anilines is 1. The standard InChI is InChI=1S/C15H20N2O4/c1-17(11-5-3-2-4-6-11)10-9-16-14(18)12-7-8-13(21-12)15(19)20/h2-6,12-13H,7-10H2,1H3,(H,16,18)(H,19,20)/t12-,13+/m0/s1. The number of aliphatic carboxylic acids is 1. The molecule has 0 aliphatic carbocycles. The Labute approximate surface area is 123 Å². The molecule has 0 bridgehead atoms. The van der Waals surface area contributed by atoms with Crippen LogP contribution in [-0.2, 0) is 14.3 Å². The Morgan fingerprint density at radius 1 is 1.29 bits per heavy atom. The summed E-state index contributed by atoms with van der Waals surface area (Å²) in [7, 11) is 1.95. The first-order valence-corrected chi connectivity index (χ1v) is 7.00. The Balaban J connectivity index is 1.71. The predicted octanol–water partition coefficient (Wildman–Crippen LogP) is 0.871. The van der Waals surface area contributed by atoms with Gasteiger partial charge in [-0.3, -0.25) is 4.79 Å². The number of benzene rings is 1. The van der Waals surface area contributed by atoms with Gasteiger partial charge in [-0.2, -0.15) is 0 Å². The number of hydrogen-bond acceptors (Lipinski definition) is 4. The van der Waals surface area contributed by atoms with Crippen molar-refractivity contribution in [1.29, 1.82) is 0 Å². The Kier molecular flexibility index (Phi) is 5.16. The van der Waals surface area contributed by atoms with Crippen LogP contribution < -0.4 is 10.2 Å². The Morgan fingerprint density at radius 3 is 2.57 bits per heavy atom.